The third kappa shape index (κ3) is 4.63. The topological polar surface area (TPSA) is 64.9 Å². The fraction of sp³-hybridized carbons (Fsp3) is 0.833. The highest BCUT2D eigenvalue weighted by Gasteiger charge is 2.22. The number of amides is 1. The van der Waals surface area contributed by atoms with Crippen LogP contribution in [0.25, 0.3) is 0 Å². The van der Waals surface area contributed by atoms with Gasteiger partial charge in [-0.25, -0.2) is 0 Å². The maximum absolute atomic E-state index is 11.3. The summed E-state index contributed by atoms with van der Waals surface area (Å²) in [4.78, 5) is 11.3. The summed E-state index contributed by atoms with van der Waals surface area (Å²) >= 11 is 0. The molecular weight excluding hydrogens is 202 g/mol. The van der Waals surface area contributed by atoms with Crippen molar-refractivity contribution < 1.29 is 4.79 Å². The summed E-state index contributed by atoms with van der Waals surface area (Å²) in [5.74, 6) is 1.50. The molecule has 0 aromatic heterocycles. The second-order valence-electron chi connectivity index (χ2n) is 4.56. The Hall–Kier alpha value is -1.08. The van der Waals surface area contributed by atoms with Crippen molar-refractivity contribution in [3.63, 3.8) is 0 Å². The molecule has 1 rings (SSSR count). The number of hydrogen-bond acceptors (Lipinski definition) is 3. The fourth-order valence-electron chi connectivity index (χ4n) is 2.22. The number of nitriles is 1. The first-order chi connectivity index (χ1) is 7.74. The summed E-state index contributed by atoms with van der Waals surface area (Å²) in [5, 5.41) is 14.2. The minimum atomic E-state index is -0.0131. The van der Waals surface area contributed by atoms with E-state index in [4.69, 9.17) is 5.26 Å². The Balaban J connectivity index is 2.02. The molecule has 0 spiro atoms. The lowest BCUT2D eigenvalue weighted by Gasteiger charge is -2.15. The molecule has 1 saturated carbocycles. The van der Waals surface area contributed by atoms with Crippen LogP contribution in [0, 0.1) is 23.2 Å². The zero-order valence-electron chi connectivity index (χ0n) is 9.96. The minimum Gasteiger partial charge on any atom is -0.354 e. The number of nitrogens with zero attached hydrogens (tertiary/aromatic N) is 1. The van der Waals surface area contributed by atoms with Gasteiger partial charge in [0.05, 0.1) is 19.0 Å². The van der Waals surface area contributed by atoms with Gasteiger partial charge in [-0.1, -0.05) is 19.8 Å². The van der Waals surface area contributed by atoms with Gasteiger partial charge in [-0.05, 0) is 24.8 Å². The Labute approximate surface area is 97.4 Å². The van der Waals surface area contributed by atoms with Crippen molar-refractivity contribution in [1.29, 1.82) is 5.26 Å². The molecule has 0 saturated heterocycles. The zero-order valence-corrected chi connectivity index (χ0v) is 9.96. The Morgan fingerprint density at radius 1 is 1.50 bits per heavy atom. The van der Waals surface area contributed by atoms with E-state index in [1.807, 2.05) is 6.07 Å². The number of carbonyl (C=O) groups is 1. The monoisotopic (exact) mass is 223 g/mol. The van der Waals surface area contributed by atoms with E-state index >= 15 is 0 Å². The van der Waals surface area contributed by atoms with Gasteiger partial charge in [-0.15, -0.1) is 0 Å². The van der Waals surface area contributed by atoms with Gasteiger partial charge >= 0.3 is 0 Å². The summed E-state index contributed by atoms with van der Waals surface area (Å²) < 4.78 is 0. The van der Waals surface area contributed by atoms with Crippen LogP contribution in [-0.4, -0.2) is 25.5 Å². The van der Waals surface area contributed by atoms with Gasteiger partial charge in [-0.3, -0.25) is 4.79 Å². The Bertz CT molecular complexity index is 259. The molecule has 1 fully saturated rings. The molecule has 0 heterocycles. The molecule has 0 radical (unpaired) electrons. The lowest BCUT2D eigenvalue weighted by atomic mass is 9.98. The van der Waals surface area contributed by atoms with Crippen LogP contribution >= 0.6 is 0 Å². The molecule has 0 aromatic carbocycles. The van der Waals surface area contributed by atoms with Crippen LogP contribution in [0.4, 0.5) is 0 Å². The highest BCUT2D eigenvalue weighted by molar-refractivity contribution is 5.77. The molecule has 0 aromatic rings. The maximum atomic E-state index is 11.3. The SMILES string of the molecule is CC1CCCC1CNCC(=O)NCCC#N. The van der Waals surface area contributed by atoms with Gasteiger partial charge in [0, 0.05) is 6.54 Å². The highest BCUT2D eigenvalue weighted by Crippen LogP contribution is 2.30. The molecule has 1 amide bonds. The van der Waals surface area contributed by atoms with Gasteiger partial charge in [0.15, 0.2) is 0 Å². The van der Waals surface area contributed by atoms with Crippen molar-refractivity contribution in [3.05, 3.63) is 0 Å². The van der Waals surface area contributed by atoms with Crippen molar-refractivity contribution in [2.45, 2.75) is 32.6 Å². The van der Waals surface area contributed by atoms with Crippen molar-refractivity contribution in [2.24, 2.45) is 11.8 Å². The van der Waals surface area contributed by atoms with Crippen molar-refractivity contribution in [2.75, 3.05) is 19.6 Å². The molecule has 4 heteroatoms. The maximum Gasteiger partial charge on any atom is 0.233 e. The van der Waals surface area contributed by atoms with Crippen LogP contribution in [0.15, 0.2) is 0 Å². The molecule has 0 aliphatic heterocycles. The second-order valence-corrected chi connectivity index (χ2v) is 4.56. The van der Waals surface area contributed by atoms with Crippen molar-refractivity contribution in [3.8, 4) is 6.07 Å². The van der Waals surface area contributed by atoms with Gasteiger partial charge in [0.1, 0.15) is 0 Å². The summed E-state index contributed by atoms with van der Waals surface area (Å²) in [6, 6.07) is 1.99. The smallest absolute Gasteiger partial charge is 0.233 e. The first-order valence-electron chi connectivity index (χ1n) is 6.08. The predicted octanol–water partition coefficient (Wildman–Crippen LogP) is 1.04. The number of carbonyl (C=O) groups excluding carboxylic acids is 1. The van der Waals surface area contributed by atoms with Gasteiger partial charge in [0.2, 0.25) is 5.91 Å². The lowest BCUT2D eigenvalue weighted by Crippen LogP contribution is -2.36. The van der Waals surface area contributed by atoms with Crippen LogP contribution in [-0.2, 0) is 4.79 Å². The molecule has 16 heavy (non-hydrogen) atoms. The van der Waals surface area contributed by atoms with E-state index in [2.05, 4.69) is 17.6 Å². The lowest BCUT2D eigenvalue weighted by molar-refractivity contribution is -0.120. The minimum absolute atomic E-state index is 0.0131. The van der Waals surface area contributed by atoms with Gasteiger partial charge in [-0.2, -0.15) is 5.26 Å². The zero-order chi connectivity index (χ0) is 11.8. The van der Waals surface area contributed by atoms with Gasteiger partial charge < -0.3 is 10.6 Å². The summed E-state index contributed by atoms with van der Waals surface area (Å²) in [7, 11) is 0. The van der Waals surface area contributed by atoms with Crippen molar-refractivity contribution >= 4 is 5.91 Å². The normalized spacial score (nSPS) is 24.0. The van der Waals surface area contributed by atoms with E-state index in [9.17, 15) is 4.79 Å². The second kappa shape index (κ2) is 7.24. The molecule has 4 nitrogen and oxygen atoms in total. The van der Waals surface area contributed by atoms with Crippen LogP contribution in [0.1, 0.15) is 32.6 Å². The molecular formula is C12H21N3O. The highest BCUT2D eigenvalue weighted by atomic mass is 16.1. The van der Waals surface area contributed by atoms with E-state index in [0.29, 0.717) is 19.5 Å². The van der Waals surface area contributed by atoms with E-state index in [1.165, 1.54) is 19.3 Å². The van der Waals surface area contributed by atoms with E-state index < -0.39 is 0 Å². The van der Waals surface area contributed by atoms with Crippen LogP contribution < -0.4 is 10.6 Å². The average molecular weight is 223 g/mol. The Morgan fingerprint density at radius 2 is 2.31 bits per heavy atom. The standard InChI is InChI=1S/C12H21N3O/c1-10-4-2-5-11(10)8-14-9-12(16)15-7-3-6-13/h10-11,14H,2-5,7-9H2,1H3,(H,15,16). The molecule has 0 bridgehead atoms. The summed E-state index contributed by atoms with van der Waals surface area (Å²) in [5.41, 5.74) is 0. The molecule has 1 aliphatic rings. The molecule has 90 valence electrons. The number of rotatable bonds is 6. The van der Waals surface area contributed by atoms with E-state index in [-0.39, 0.29) is 5.91 Å². The summed E-state index contributed by atoms with van der Waals surface area (Å²) in [6.45, 7) is 4.05. The number of nitrogens with one attached hydrogen (secondary N) is 2. The van der Waals surface area contributed by atoms with Crippen LogP contribution in [0.2, 0.25) is 0 Å². The van der Waals surface area contributed by atoms with Gasteiger partial charge in [0.25, 0.3) is 0 Å². The summed E-state index contributed by atoms with van der Waals surface area (Å²) in [6.07, 6.45) is 4.30. The molecule has 2 atom stereocenters. The number of hydrogen-bond donors (Lipinski definition) is 2. The Morgan fingerprint density at radius 3 is 2.94 bits per heavy atom. The van der Waals surface area contributed by atoms with Crippen LogP contribution in [0.3, 0.4) is 0 Å². The predicted molar refractivity (Wildman–Crippen MR) is 62.6 cm³/mol. The molecule has 1 aliphatic carbocycles. The third-order valence-electron chi connectivity index (χ3n) is 3.29. The largest absolute Gasteiger partial charge is 0.354 e. The molecule has 2 unspecified atom stereocenters. The van der Waals surface area contributed by atoms with Crippen molar-refractivity contribution in [1.82, 2.24) is 10.6 Å². The fourth-order valence-corrected chi connectivity index (χ4v) is 2.22. The average Bonchev–Trinajstić information content (AvgIpc) is 2.65. The first-order valence-corrected chi connectivity index (χ1v) is 6.08. The molecule has 2 N–H and O–H groups in total. The first kappa shape index (κ1) is 13.0. The van der Waals surface area contributed by atoms with E-state index in [0.717, 1.165) is 18.4 Å². The van der Waals surface area contributed by atoms with Crippen LogP contribution in [0.5, 0.6) is 0 Å². The third-order valence-corrected chi connectivity index (χ3v) is 3.29. The van der Waals surface area contributed by atoms with E-state index in [1.54, 1.807) is 0 Å². The Kier molecular flexibility index (Phi) is 5.87. The quantitative estimate of drug-likeness (QED) is 0.661.